The molecule has 2 N–H and O–H groups in total. The molecule has 0 spiro atoms. The predicted molar refractivity (Wildman–Crippen MR) is 117 cm³/mol. The zero-order chi connectivity index (χ0) is 20.1. The van der Waals surface area contributed by atoms with Gasteiger partial charge in [-0.3, -0.25) is 15.1 Å². The number of carbonyl (C=O) groups excluding carboxylic acids is 1. The van der Waals surface area contributed by atoms with Crippen LogP contribution >= 0.6 is 12.2 Å². The van der Waals surface area contributed by atoms with Crippen LogP contribution in [0.2, 0.25) is 0 Å². The number of nitrogens with one attached hydrogen (secondary N) is 2. The number of aryl methyl sites for hydroxylation is 1. The lowest BCUT2D eigenvalue weighted by atomic mass is 10.2. The lowest BCUT2D eigenvalue weighted by molar-refractivity contribution is 0.0977. The van der Waals surface area contributed by atoms with Crippen molar-refractivity contribution < 1.29 is 9.53 Å². The number of nitrogens with zero attached hydrogens (tertiary/aromatic N) is 1. The topological polar surface area (TPSA) is 63.2 Å². The monoisotopic (exact) mass is 393 g/mol. The molecule has 144 valence electrons. The Balaban J connectivity index is 1.69. The zero-order valence-corrected chi connectivity index (χ0v) is 17.0. The summed E-state index contributed by atoms with van der Waals surface area (Å²) in [4.78, 5) is 17.1. The number of thiocarbonyl (C=S) groups is 1. The van der Waals surface area contributed by atoms with E-state index < -0.39 is 0 Å². The van der Waals surface area contributed by atoms with Gasteiger partial charge >= 0.3 is 0 Å². The van der Waals surface area contributed by atoms with Gasteiger partial charge in [0.2, 0.25) is 0 Å². The molecular formula is C22H23N3O2S. The summed E-state index contributed by atoms with van der Waals surface area (Å²) in [6.07, 6.45) is 0. The van der Waals surface area contributed by atoms with Crippen LogP contribution in [0.25, 0.3) is 10.9 Å². The van der Waals surface area contributed by atoms with Gasteiger partial charge in [0.15, 0.2) is 5.11 Å². The third-order valence-corrected chi connectivity index (χ3v) is 4.22. The van der Waals surface area contributed by atoms with Crippen LogP contribution in [0.4, 0.5) is 5.69 Å². The van der Waals surface area contributed by atoms with E-state index in [-0.39, 0.29) is 11.0 Å². The first-order valence-electron chi connectivity index (χ1n) is 9.14. The number of carbonyl (C=O) groups is 1. The summed E-state index contributed by atoms with van der Waals surface area (Å²) in [7, 11) is 0. The lowest BCUT2D eigenvalue weighted by Gasteiger charge is -2.13. The Kier molecular flexibility index (Phi) is 6.21. The first-order valence-corrected chi connectivity index (χ1v) is 9.55. The van der Waals surface area contributed by atoms with Gasteiger partial charge in [0.05, 0.1) is 17.8 Å². The molecule has 0 aliphatic rings. The molecule has 0 saturated heterocycles. The molecule has 0 radical (unpaired) electrons. The first-order chi connectivity index (χ1) is 13.4. The Hall–Kier alpha value is -2.99. The molecule has 0 aliphatic heterocycles. The van der Waals surface area contributed by atoms with Gasteiger partial charge in [-0.15, -0.1) is 0 Å². The number of hydrogen-bond donors (Lipinski definition) is 2. The minimum absolute atomic E-state index is 0.217. The number of aromatic nitrogens is 1. The molecule has 3 aromatic rings. The molecule has 0 atom stereocenters. The van der Waals surface area contributed by atoms with Crippen molar-refractivity contribution in [3.05, 3.63) is 65.9 Å². The summed E-state index contributed by atoms with van der Waals surface area (Å²) in [5.74, 6) is 0.776. The van der Waals surface area contributed by atoms with Gasteiger partial charge in [0.25, 0.3) is 5.91 Å². The van der Waals surface area contributed by atoms with Crippen molar-refractivity contribution in [2.75, 3.05) is 11.9 Å². The lowest BCUT2D eigenvalue weighted by Crippen LogP contribution is -2.34. The van der Waals surface area contributed by atoms with Crippen molar-refractivity contribution >= 4 is 39.8 Å². The summed E-state index contributed by atoms with van der Waals surface area (Å²) in [6, 6.07) is 16.8. The van der Waals surface area contributed by atoms with Gasteiger partial charge in [-0.2, -0.15) is 0 Å². The average Bonchev–Trinajstić information content (AvgIpc) is 2.67. The van der Waals surface area contributed by atoms with Crippen LogP contribution in [-0.4, -0.2) is 22.6 Å². The molecule has 5 nitrogen and oxygen atoms in total. The van der Waals surface area contributed by atoms with Crippen LogP contribution < -0.4 is 15.4 Å². The fourth-order valence-corrected chi connectivity index (χ4v) is 2.87. The van der Waals surface area contributed by atoms with Crippen LogP contribution in [-0.2, 0) is 0 Å². The fourth-order valence-electron chi connectivity index (χ4n) is 2.66. The van der Waals surface area contributed by atoms with Crippen LogP contribution in [0.15, 0.2) is 54.6 Å². The fraction of sp³-hybridized carbons (Fsp3) is 0.227. The second-order valence-corrected chi connectivity index (χ2v) is 7.38. The second-order valence-electron chi connectivity index (χ2n) is 6.97. The summed E-state index contributed by atoms with van der Waals surface area (Å²) >= 11 is 5.32. The number of amides is 1. The van der Waals surface area contributed by atoms with Gasteiger partial charge in [-0.25, -0.2) is 0 Å². The Morgan fingerprint density at radius 2 is 1.93 bits per heavy atom. The summed E-state index contributed by atoms with van der Waals surface area (Å²) in [5.41, 5.74) is 2.95. The molecule has 0 saturated carbocycles. The number of fused-ring (bicyclic) bond motifs is 1. The SMILES string of the molecule is Cc1ccc2cccc(NC(=S)NC(=O)c3cccc(OCC(C)C)c3)c2n1. The highest BCUT2D eigenvalue weighted by atomic mass is 32.1. The summed E-state index contributed by atoms with van der Waals surface area (Å²) in [6.45, 7) is 6.68. The van der Waals surface area contributed by atoms with E-state index >= 15 is 0 Å². The first kappa shape index (κ1) is 19.8. The standard InChI is InChI=1S/C22H23N3O2S/c1-14(2)13-27-18-8-4-7-17(12-18)21(26)25-22(28)24-19-9-5-6-16-11-10-15(3)23-20(16)19/h4-12,14H,13H2,1-3H3,(H2,24,25,26,28). The maximum Gasteiger partial charge on any atom is 0.257 e. The quantitative estimate of drug-likeness (QED) is 0.615. The third-order valence-electron chi connectivity index (χ3n) is 4.01. The Morgan fingerprint density at radius 1 is 1.14 bits per heavy atom. The highest BCUT2D eigenvalue weighted by Gasteiger charge is 2.11. The highest BCUT2D eigenvalue weighted by Crippen LogP contribution is 2.21. The molecule has 1 heterocycles. The molecular weight excluding hydrogens is 370 g/mol. The van der Waals surface area contributed by atoms with Crippen molar-refractivity contribution in [3.8, 4) is 5.75 Å². The van der Waals surface area contributed by atoms with E-state index in [9.17, 15) is 4.79 Å². The number of anilines is 1. The number of para-hydroxylation sites is 1. The molecule has 28 heavy (non-hydrogen) atoms. The third kappa shape index (κ3) is 5.04. The van der Waals surface area contributed by atoms with Crippen LogP contribution in [0.5, 0.6) is 5.75 Å². The van der Waals surface area contributed by atoms with Crippen molar-refractivity contribution in [2.45, 2.75) is 20.8 Å². The molecule has 2 aromatic carbocycles. The van der Waals surface area contributed by atoms with E-state index in [1.54, 1.807) is 18.2 Å². The maximum atomic E-state index is 12.5. The molecule has 1 aromatic heterocycles. The van der Waals surface area contributed by atoms with Crippen LogP contribution in [0, 0.1) is 12.8 Å². The van der Waals surface area contributed by atoms with Crippen LogP contribution in [0.1, 0.15) is 29.9 Å². The van der Waals surface area contributed by atoms with E-state index in [0.29, 0.717) is 23.8 Å². The van der Waals surface area contributed by atoms with E-state index in [1.807, 2.05) is 43.3 Å². The van der Waals surface area contributed by atoms with E-state index in [4.69, 9.17) is 17.0 Å². The number of hydrogen-bond acceptors (Lipinski definition) is 4. The smallest absolute Gasteiger partial charge is 0.257 e. The minimum atomic E-state index is -0.295. The molecule has 1 amide bonds. The maximum absolute atomic E-state index is 12.5. The molecule has 6 heteroatoms. The van der Waals surface area contributed by atoms with E-state index in [1.165, 1.54) is 0 Å². The normalized spacial score (nSPS) is 10.7. The largest absolute Gasteiger partial charge is 0.493 e. The molecule has 0 bridgehead atoms. The summed E-state index contributed by atoms with van der Waals surface area (Å²) < 4.78 is 5.68. The minimum Gasteiger partial charge on any atom is -0.493 e. The van der Waals surface area contributed by atoms with Gasteiger partial charge in [-0.05, 0) is 55.4 Å². The Bertz CT molecular complexity index is 1020. The van der Waals surface area contributed by atoms with Gasteiger partial charge in [0, 0.05) is 16.6 Å². The van der Waals surface area contributed by atoms with E-state index in [0.717, 1.165) is 22.3 Å². The number of pyridine rings is 1. The number of rotatable bonds is 5. The highest BCUT2D eigenvalue weighted by molar-refractivity contribution is 7.80. The average molecular weight is 394 g/mol. The molecule has 3 rings (SSSR count). The Morgan fingerprint density at radius 3 is 2.71 bits per heavy atom. The molecule has 0 unspecified atom stereocenters. The van der Waals surface area contributed by atoms with Crippen molar-refractivity contribution in [1.82, 2.24) is 10.3 Å². The van der Waals surface area contributed by atoms with Gasteiger partial charge in [0.1, 0.15) is 5.75 Å². The zero-order valence-electron chi connectivity index (χ0n) is 16.2. The molecule has 0 fully saturated rings. The van der Waals surface area contributed by atoms with Gasteiger partial charge in [-0.1, -0.05) is 38.1 Å². The van der Waals surface area contributed by atoms with Crippen molar-refractivity contribution in [1.29, 1.82) is 0 Å². The van der Waals surface area contributed by atoms with Crippen molar-refractivity contribution in [3.63, 3.8) is 0 Å². The van der Waals surface area contributed by atoms with E-state index in [2.05, 4.69) is 29.5 Å². The van der Waals surface area contributed by atoms with Gasteiger partial charge < -0.3 is 10.1 Å². The number of benzene rings is 2. The second kappa shape index (κ2) is 8.80. The number of ether oxygens (including phenoxy) is 1. The molecule has 0 aliphatic carbocycles. The predicted octanol–water partition coefficient (Wildman–Crippen LogP) is 4.70. The summed E-state index contributed by atoms with van der Waals surface area (Å²) in [5, 5.41) is 7.00. The Labute approximate surface area is 170 Å². The van der Waals surface area contributed by atoms with Crippen LogP contribution in [0.3, 0.4) is 0 Å². The van der Waals surface area contributed by atoms with Crippen molar-refractivity contribution in [2.24, 2.45) is 5.92 Å².